The Hall–Kier alpha value is -1.22. The number of imidazole rings is 1. The molecule has 0 N–H and O–H groups in total. The van der Waals surface area contributed by atoms with Gasteiger partial charge in [-0.1, -0.05) is 6.07 Å². The van der Waals surface area contributed by atoms with Crippen molar-refractivity contribution in [3.63, 3.8) is 0 Å². The average molecular weight is 327 g/mol. The molecule has 1 aliphatic heterocycles. The van der Waals surface area contributed by atoms with E-state index in [2.05, 4.69) is 4.98 Å². The highest BCUT2D eigenvalue weighted by Gasteiger charge is 2.32. The number of sulfonamides is 1. The third kappa shape index (κ3) is 2.89. The summed E-state index contributed by atoms with van der Waals surface area (Å²) >= 11 is 1.24. The third-order valence-corrected chi connectivity index (χ3v) is 6.71. The van der Waals surface area contributed by atoms with Gasteiger partial charge in [0.15, 0.2) is 0 Å². The lowest BCUT2D eigenvalue weighted by Crippen LogP contribution is -2.35. The summed E-state index contributed by atoms with van der Waals surface area (Å²) in [5.74, 6) is 0.883. The molecule has 3 heterocycles. The van der Waals surface area contributed by atoms with Crippen molar-refractivity contribution in [1.29, 1.82) is 0 Å². The highest BCUT2D eigenvalue weighted by molar-refractivity contribution is 7.91. The summed E-state index contributed by atoms with van der Waals surface area (Å²) in [4.78, 5) is 4.28. The first-order chi connectivity index (χ1) is 10.1. The Morgan fingerprint density at radius 1 is 1.48 bits per heavy atom. The van der Waals surface area contributed by atoms with E-state index in [1.165, 1.54) is 15.6 Å². The van der Waals surface area contributed by atoms with E-state index in [1.54, 1.807) is 30.8 Å². The molecule has 2 aromatic heterocycles. The maximum Gasteiger partial charge on any atom is 0.252 e. The van der Waals surface area contributed by atoms with E-state index in [-0.39, 0.29) is 5.92 Å². The molecule has 0 saturated heterocycles. The maximum atomic E-state index is 12.7. The zero-order valence-corrected chi connectivity index (χ0v) is 13.3. The van der Waals surface area contributed by atoms with Crippen LogP contribution in [-0.2, 0) is 27.8 Å². The largest absolute Gasteiger partial charge is 0.384 e. The topological polar surface area (TPSA) is 64.4 Å². The molecule has 114 valence electrons. The van der Waals surface area contributed by atoms with Crippen molar-refractivity contribution in [2.24, 2.45) is 5.92 Å². The Morgan fingerprint density at radius 3 is 3.05 bits per heavy atom. The van der Waals surface area contributed by atoms with Gasteiger partial charge in [0, 0.05) is 38.5 Å². The van der Waals surface area contributed by atoms with Crippen molar-refractivity contribution in [2.45, 2.75) is 17.3 Å². The Balaban J connectivity index is 1.94. The highest BCUT2D eigenvalue weighted by atomic mass is 32.2. The molecule has 1 aliphatic rings. The Labute approximate surface area is 128 Å². The molecule has 0 unspecified atom stereocenters. The molecule has 21 heavy (non-hydrogen) atoms. The molecular formula is C13H17N3O3S2. The van der Waals surface area contributed by atoms with Crippen molar-refractivity contribution < 1.29 is 13.2 Å². The first-order valence-electron chi connectivity index (χ1n) is 6.64. The minimum absolute atomic E-state index is 0.111. The van der Waals surface area contributed by atoms with Gasteiger partial charge in [-0.3, -0.25) is 0 Å². The van der Waals surface area contributed by atoms with E-state index < -0.39 is 10.0 Å². The first kappa shape index (κ1) is 14.7. The number of fused-ring (bicyclic) bond motifs is 1. The summed E-state index contributed by atoms with van der Waals surface area (Å²) in [6.07, 6.45) is 3.60. The molecule has 0 aromatic carbocycles. The molecule has 3 rings (SSSR count). The molecule has 2 aromatic rings. The Kier molecular flexibility index (Phi) is 4.12. The third-order valence-electron chi connectivity index (χ3n) is 3.53. The molecule has 0 bridgehead atoms. The van der Waals surface area contributed by atoms with Gasteiger partial charge in [0.05, 0.1) is 13.2 Å². The molecule has 8 heteroatoms. The average Bonchev–Trinajstić information content (AvgIpc) is 3.08. The Bertz CT molecular complexity index is 694. The molecule has 0 saturated carbocycles. The molecule has 0 aliphatic carbocycles. The number of ether oxygens (including phenoxy) is 1. The predicted molar refractivity (Wildman–Crippen MR) is 79.5 cm³/mol. The summed E-state index contributed by atoms with van der Waals surface area (Å²) in [6, 6.07) is 3.39. The molecule has 6 nitrogen and oxygen atoms in total. The van der Waals surface area contributed by atoms with Gasteiger partial charge in [-0.15, -0.1) is 11.3 Å². The van der Waals surface area contributed by atoms with Crippen LogP contribution in [0.5, 0.6) is 0 Å². The van der Waals surface area contributed by atoms with Crippen LogP contribution in [0, 0.1) is 5.92 Å². The van der Waals surface area contributed by atoms with Crippen LogP contribution >= 0.6 is 11.3 Å². The van der Waals surface area contributed by atoms with Gasteiger partial charge in [0.1, 0.15) is 10.0 Å². The van der Waals surface area contributed by atoms with Gasteiger partial charge in [0.2, 0.25) is 0 Å². The fourth-order valence-electron chi connectivity index (χ4n) is 2.57. The Morgan fingerprint density at radius 2 is 2.33 bits per heavy atom. The smallest absolute Gasteiger partial charge is 0.252 e. The second kappa shape index (κ2) is 5.88. The van der Waals surface area contributed by atoms with Gasteiger partial charge < -0.3 is 9.30 Å². The quantitative estimate of drug-likeness (QED) is 0.852. The van der Waals surface area contributed by atoms with Crippen molar-refractivity contribution in [3.8, 4) is 0 Å². The van der Waals surface area contributed by atoms with Crippen LogP contribution in [0.2, 0.25) is 0 Å². The van der Waals surface area contributed by atoms with Crippen LogP contribution in [0.15, 0.2) is 34.1 Å². The number of thiophene rings is 1. The lowest BCUT2D eigenvalue weighted by atomic mass is 10.1. The SMILES string of the molecule is COC[C@@H]1CN(S(=O)(=O)c2cccs2)Cc2nccn2C1. The standard InChI is InChI=1S/C13H17N3O3S2/c1-19-10-11-7-15-5-4-14-12(15)9-16(8-11)21(17,18)13-3-2-6-20-13/h2-6,11H,7-10H2,1H3/t11-/m0/s1. The summed E-state index contributed by atoms with van der Waals surface area (Å²) < 4.78 is 34.6. The van der Waals surface area contributed by atoms with E-state index in [0.29, 0.717) is 23.9 Å². The van der Waals surface area contributed by atoms with Crippen molar-refractivity contribution >= 4 is 21.4 Å². The molecule has 0 fully saturated rings. The summed E-state index contributed by atoms with van der Waals surface area (Å²) in [7, 11) is -1.83. The van der Waals surface area contributed by atoms with E-state index in [4.69, 9.17) is 4.74 Å². The maximum absolute atomic E-state index is 12.7. The number of hydrogen-bond donors (Lipinski definition) is 0. The molecule has 1 atom stereocenters. The van der Waals surface area contributed by atoms with E-state index in [1.807, 2.05) is 10.8 Å². The van der Waals surface area contributed by atoms with Gasteiger partial charge in [0.25, 0.3) is 10.0 Å². The van der Waals surface area contributed by atoms with Crippen LogP contribution < -0.4 is 0 Å². The molecule has 0 radical (unpaired) electrons. The van der Waals surface area contributed by atoms with Gasteiger partial charge in [-0.2, -0.15) is 4.31 Å². The van der Waals surface area contributed by atoms with Crippen molar-refractivity contribution in [3.05, 3.63) is 35.7 Å². The van der Waals surface area contributed by atoms with Crippen molar-refractivity contribution in [1.82, 2.24) is 13.9 Å². The number of hydrogen-bond acceptors (Lipinski definition) is 5. The fourth-order valence-corrected chi connectivity index (χ4v) is 5.18. The zero-order valence-electron chi connectivity index (χ0n) is 11.7. The van der Waals surface area contributed by atoms with Gasteiger partial charge in [-0.05, 0) is 11.4 Å². The van der Waals surface area contributed by atoms with Crippen LogP contribution in [0.25, 0.3) is 0 Å². The van der Waals surface area contributed by atoms with Crippen LogP contribution in [0.3, 0.4) is 0 Å². The normalized spacial score (nSPS) is 20.1. The first-order valence-corrected chi connectivity index (χ1v) is 8.96. The monoisotopic (exact) mass is 327 g/mol. The predicted octanol–water partition coefficient (Wildman–Crippen LogP) is 1.41. The van der Waals surface area contributed by atoms with Gasteiger partial charge in [-0.25, -0.2) is 13.4 Å². The fraction of sp³-hybridized carbons (Fsp3) is 0.462. The number of methoxy groups -OCH3 is 1. The summed E-state index contributed by atoms with van der Waals surface area (Å²) in [5, 5.41) is 1.78. The van der Waals surface area contributed by atoms with E-state index in [0.717, 1.165) is 12.4 Å². The lowest BCUT2D eigenvalue weighted by Gasteiger charge is -2.22. The summed E-state index contributed by atoms with van der Waals surface area (Å²) in [5.41, 5.74) is 0. The molecular weight excluding hydrogens is 310 g/mol. The molecule has 0 spiro atoms. The zero-order chi connectivity index (χ0) is 14.9. The van der Waals surface area contributed by atoms with Crippen LogP contribution in [0.4, 0.5) is 0 Å². The number of nitrogens with zero attached hydrogens (tertiary/aromatic N) is 3. The second-order valence-electron chi connectivity index (χ2n) is 5.05. The van der Waals surface area contributed by atoms with Crippen molar-refractivity contribution in [2.75, 3.05) is 20.3 Å². The summed E-state index contributed by atoms with van der Waals surface area (Å²) in [6.45, 7) is 1.98. The van der Waals surface area contributed by atoms with Gasteiger partial charge >= 0.3 is 0 Å². The van der Waals surface area contributed by atoms with Crippen LogP contribution in [-0.4, -0.2) is 42.5 Å². The van der Waals surface area contributed by atoms with E-state index >= 15 is 0 Å². The lowest BCUT2D eigenvalue weighted by molar-refractivity contribution is 0.135. The number of aromatic nitrogens is 2. The number of rotatable bonds is 4. The minimum atomic E-state index is -3.47. The molecule has 0 amide bonds. The van der Waals surface area contributed by atoms with Crippen LogP contribution in [0.1, 0.15) is 5.82 Å². The highest BCUT2D eigenvalue weighted by Crippen LogP contribution is 2.25. The minimum Gasteiger partial charge on any atom is -0.384 e. The second-order valence-corrected chi connectivity index (χ2v) is 8.16. The van der Waals surface area contributed by atoms with E-state index in [9.17, 15) is 8.42 Å².